The van der Waals surface area contributed by atoms with Crippen LogP contribution in [0.5, 0.6) is 5.88 Å². The largest absolute Gasteiger partial charge is 0.474 e. The Bertz CT molecular complexity index is 726. The molecule has 0 aromatic carbocycles. The van der Waals surface area contributed by atoms with Crippen LogP contribution in [0.1, 0.15) is 43.9 Å². The minimum absolute atomic E-state index is 0. The lowest BCUT2D eigenvalue weighted by atomic mass is 10.2. The number of hydrogen-bond acceptors (Lipinski definition) is 4. The van der Waals surface area contributed by atoms with Crippen molar-refractivity contribution in [3.05, 3.63) is 41.9 Å². The Morgan fingerprint density at radius 1 is 1.26 bits per heavy atom. The highest BCUT2D eigenvalue weighted by Crippen LogP contribution is 2.25. The van der Waals surface area contributed by atoms with Crippen molar-refractivity contribution in [1.82, 2.24) is 25.4 Å². The summed E-state index contributed by atoms with van der Waals surface area (Å²) in [5.74, 6) is 1.48. The molecule has 2 N–H and O–H groups in total. The first-order valence-corrected chi connectivity index (χ1v) is 9.36. The number of halogens is 1. The van der Waals surface area contributed by atoms with Gasteiger partial charge in [-0.05, 0) is 44.7 Å². The Kier molecular flexibility index (Phi) is 8.83. The molecule has 8 heteroatoms. The highest BCUT2D eigenvalue weighted by molar-refractivity contribution is 14.0. The normalized spacial score (nSPS) is 14.7. The average Bonchev–Trinajstić information content (AvgIpc) is 3.30. The van der Waals surface area contributed by atoms with Crippen LogP contribution in [0.15, 0.2) is 35.6 Å². The monoisotopic (exact) mass is 484 g/mol. The van der Waals surface area contributed by atoms with E-state index in [4.69, 9.17) is 9.73 Å². The van der Waals surface area contributed by atoms with Crippen molar-refractivity contribution < 1.29 is 4.74 Å². The van der Waals surface area contributed by atoms with Crippen LogP contribution in [0.3, 0.4) is 0 Å². The van der Waals surface area contributed by atoms with E-state index in [0.29, 0.717) is 25.1 Å². The first kappa shape index (κ1) is 21.5. The number of aliphatic imine (C=N–C) groups is 1. The molecular formula is C19H29IN6O. The molecule has 2 aromatic heterocycles. The molecule has 1 aliphatic carbocycles. The van der Waals surface area contributed by atoms with Crippen LogP contribution in [0.4, 0.5) is 0 Å². The Morgan fingerprint density at radius 3 is 2.78 bits per heavy atom. The number of guanidine groups is 1. The van der Waals surface area contributed by atoms with Crippen molar-refractivity contribution >= 4 is 29.9 Å². The van der Waals surface area contributed by atoms with Gasteiger partial charge in [-0.15, -0.1) is 24.0 Å². The fraction of sp³-hybridized carbons (Fsp3) is 0.526. The molecule has 3 rings (SSSR count). The summed E-state index contributed by atoms with van der Waals surface area (Å²) in [4.78, 5) is 9.11. The maximum atomic E-state index is 6.10. The second kappa shape index (κ2) is 11.1. The van der Waals surface area contributed by atoms with Gasteiger partial charge in [-0.25, -0.2) is 9.98 Å². The number of aryl methyl sites for hydroxylation is 1. The molecule has 0 radical (unpaired) electrons. The third-order valence-corrected chi connectivity index (χ3v) is 4.54. The fourth-order valence-electron chi connectivity index (χ4n) is 3.07. The van der Waals surface area contributed by atoms with E-state index in [1.165, 1.54) is 12.8 Å². The highest BCUT2D eigenvalue weighted by Gasteiger charge is 2.18. The molecule has 0 atom stereocenters. The molecule has 2 heterocycles. The highest BCUT2D eigenvalue weighted by atomic mass is 127. The summed E-state index contributed by atoms with van der Waals surface area (Å²) in [6, 6.07) is 5.96. The smallest absolute Gasteiger partial charge is 0.218 e. The summed E-state index contributed by atoms with van der Waals surface area (Å²) in [5.41, 5.74) is 2.11. The molecule has 0 aliphatic heterocycles. The lowest BCUT2D eigenvalue weighted by Crippen LogP contribution is -2.37. The molecule has 1 aliphatic rings. The molecule has 2 aromatic rings. The lowest BCUT2D eigenvalue weighted by Gasteiger charge is -2.15. The predicted octanol–water partition coefficient (Wildman–Crippen LogP) is 3.01. The molecule has 148 valence electrons. The second-order valence-electron chi connectivity index (χ2n) is 6.49. The standard InChI is InChI=1S/C19H28N6O.HI/c1-3-20-19(23-14-16-10-12-24-25(16)2)22-13-15-7-6-11-21-18(15)26-17-8-4-5-9-17;/h6-7,10-12,17H,3-5,8-9,13-14H2,1-2H3,(H2,20,22,23);1H. The molecule has 0 bridgehead atoms. The zero-order chi connectivity index (χ0) is 18.2. The number of rotatable bonds is 7. The third-order valence-electron chi connectivity index (χ3n) is 4.54. The van der Waals surface area contributed by atoms with Crippen molar-refractivity contribution in [3.63, 3.8) is 0 Å². The van der Waals surface area contributed by atoms with Crippen molar-refractivity contribution in [2.24, 2.45) is 12.0 Å². The topological polar surface area (TPSA) is 76.4 Å². The van der Waals surface area contributed by atoms with Gasteiger partial charge in [0.1, 0.15) is 6.10 Å². The van der Waals surface area contributed by atoms with Crippen LogP contribution in [0.2, 0.25) is 0 Å². The van der Waals surface area contributed by atoms with Gasteiger partial charge in [-0.2, -0.15) is 5.10 Å². The predicted molar refractivity (Wildman–Crippen MR) is 117 cm³/mol. The molecule has 1 fully saturated rings. The fourth-order valence-corrected chi connectivity index (χ4v) is 3.07. The van der Waals surface area contributed by atoms with Gasteiger partial charge in [0, 0.05) is 31.5 Å². The van der Waals surface area contributed by atoms with Crippen molar-refractivity contribution in [1.29, 1.82) is 0 Å². The van der Waals surface area contributed by atoms with E-state index in [1.807, 2.05) is 29.9 Å². The maximum absolute atomic E-state index is 6.10. The number of nitrogens with one attached hydrogen (secondary N) is 2. The van der Waals surface area contributed by atoms with Gasteiger partial charge in [-0.1, -0.05) is 6.07 Å². The first-order valence-electron chi connectivity index (χ1n) is 9.36. The van der Waals surface area contributed by atoms with Gasteiger partial charge in [0.25, 0.3) is 0 Å². The van der Waals surface area contributed by atoms with Crippen molar-refractivity contribution in [3.8, 4) is 5.88 Å². The molecular weight excluding hydrogens is 455 g/mol. The quantitative estimate of drug-likeness (QED) is 0.359. The first-order chi connectivity index (χ1) is 12.8. The van der Waals surface area contributed by atoms with Crippen LogP contribution in [0.25, 0.3) is 0 Å². The van der Waals surface area contributed by atoms with Gasteiger partial charge in [0.15, 0.2) is 5.96 Å². The summed E-state index contributed by atoms with van der Waals surface area (Å²) < 4.78 is 7.95. The zero-order valence-corrected chi connectivity index (χ0v) is 18.3. The van der Waals surface area contributed by atoms with Gasteiger partial charge < -0.3 is 15.4 Å². The van der Waals surface area contributed by atoms with Crippen molar-refractivity contribution in [2.45, 2.75) is 51.8 Å². The summed E-state index contributed by atoms with van der Waals surface area (Å²) in [5, 5.41) is 10.8. The van der Waals surface area contributed by atoms with Crippen molar-refractivity contribution in [2.75, 3.05) is 6.54 Å². The van der Waals surface area contributed by atoms with Crippen LogP contribution in [0, 0.1) is 0 Å². The summed E-state index contributed by atoms with van der Waals surface area (Å²) in [6.07, 6.45) is 8.60. The van der Waals surface area contributed by atoms with Crippen LogP contribution < -0.4 is 15.4 Å². The number of aromatic nitrogens is 3. The number of hydrogen-bond donors (Lipinski definition) is 2. The summed E-state index contributed by atoms with van der Waals surface area (Å²) in [7, 11) is 1.93. The summed E-state index contributed by atoms with van der Waals surface area (Å²) >= 11 is 0. The molecule has 0 unspecified atom stereocenters. The Balaban J connectivity index is 0.00000261. The van der Waals surface area contributed by atoms with E-state index in [0.717, 1.165) is 36.6 Å². The van der Waals surface area contributed by atoms with Gasteiger partial charge >= 0.3 is 0 Å². The van der Waals surface area contributed by atoms with E-state index < -0.39 is 0 Å². The van der Waals surface area contributed by atoms with Gasteiger partial charge in [0.05, 0.1) is 18.8 Å². The summed E-state index contributed by atoms with van der Waals surface area (Å²) in [6.45, 7) is 4.05. The zero-order valence-electron chi connectivity index (χ0n) is 16.0. The second-order valence-corrected chi connectivity index (χ2v) is 6.49. The van der Waals surface area contributed by atoms with Gasteiger partial charge in [0.2, 0.25) is 5.88 Å². The minimum Gasteiger partial charge on any atom is -0.474 e. The van der Waals surface area contributed by atoms with E-state index in [-0.39, 0.29) is 24.0 Å². The third kappa shape index (κ3) is 6.37. The molecule has 27 heavy (non-hydrogen) atoms. The molecule has 0 amide bonds. The van der Waals surface area contributed by atoms with E-state index in [1.54, 1.807) is 12.4 Å². The minimum atomic E-state index is 0. The Morgan fingerprint density at radius 2 is 2.07 bits per heavy atom. The molecule has 7 nitrogen and oxygen atoms in total. The molecule has 0 spiro atoms. The number of pyridine rings is 1. The van der Waals surface area contributed by atoms with E-state index >= 15 is 0 Å². The SMILES string of the molecule is CCNC(=NCc1cccnc1OC1CCCC1)NCc1ccnn1C.I. The lowest BCUT2D eigenvalue weighted by molar-refractivity contribution is 0.199. The average molecular weight is 484 g/mol. The number of nitrogens with zero attached hydrogens (tertiary/aromatic N) is 4. The number of ether oxygens (including phenoxy) is 1. The maximum Gasteiger partial charge on any atom is 0.218 e. The van der Waals surface area contributed by atoms with Crippen LogP contribution in [-0.4, -0.2) is 33.4 Å². The van der Waals surface area contributed by atoms with E-state index in [2.05, 4.69) is 27.6 Å². The Labute approximate surface area is 178 Å². The molecule has 0 saturated heterocycles. The van der Waals surface area contributed by atoms with E-state index in [9.17, 15) is 0 Å². The van der Waals surface area contributed by atoms with Crippen LogP contribution >= 0.6 is 24.0 Å². The van der Waals surface area contributed by atoms with Crippen LogP contribution in [-0.2, 0) is 20.1 Å². The van der Waals surface area contributed by atoms with Gasteiger partial charge in [-0.3, -0.25) is 4.68 Å². The Hall–Kier alpha value is -1.84. The molecule has 1 saturated carbocycles.